The van der Waals surface area contributed by atoms with E-state index >= 15 is 0 Å². The van der Waals surface area contributed by atoms with E-state index in [9.17, 15) is 22.4 Å². The van der Waals surface area contributed by atoms with E-state index in [1.807, 2.05) is 0 Å². The van der Waals surface area contributed by atoms with Gasteiger partial charge in [0.05, 0.1) is 12.2 Å². The van der Waals surface area contributed by atoms with E-state index in [0.29, 0.717) is 4.90 Å². The molecule has 0 spiro atoms. The van der Waals surface area contributed by atoms with Crippen LogP contribution in [0.15, 0.2) is 22.7 Å². The quantitative estimate of drug-likeness (QED) is 0.853. The number of amides is 1. The lowest BCUT2D eigenvalue weighted by Gasteiger charge is -2.23. The third-order valence-electron chi connectivity index (χ3n) is 2.20. The molecule has 1 aromatic rings. The minimum atomic E-state index is -4.62. The van der Waals surface area contributed by atoms with Crippen LogP contribution in [0.5, 0.6) is 0 Å². The zero-order valence-corrected chi connectivity index (χ0v) is 11.1. The number of benzene rings is 1. The average Bonchev–Trinajstić information content (AvgIpc) is 2.26. The first-order valence-corrected chi connectivity index (χ1v) is 5.96. The molecule has 0 saturated heterocycles. The molecule has 0 radical (unpaired) electrons. The summed E-state index contributed by atoms with van der Waals surface area (Å²) in [5.74, 6) is -2.05. The number of hydrogen-bond donors (Lipinski definition) is 1. The molecule has 3 nitrogen and oxygen atoms in total. The molecule has 1 N–H and O–H groups in total. The molecule has 0 saturated carbocycles. The summed E-state index contributed by atoms with van der Waals surface area (Å²) >= 11 is 2.92. The second kappa shape index (κ2) is 6.33. The van der Waals surface area contributed by atoms with Crippen LogP contribution in [0.2, 0.25) is 0 Å². The number of carbonyl (C=O) groups is 1. The van der Waals surface area contributed by atoms with Gasteiger partial charge in [0.15, 0.2) is 0 Å². The van der Waals surface area contributed by atoms with Crippen molar-refractivity contribution in [1.29, 1.82) is 0 Å². The largest absolute Gasteiger partial charge is 0.406 e. The molecule has 0 fully saturated rings. The van der Waals surface area contributed by atoms with Gasteiger partial charge in [0.2, 0.25) is 0 Å². The zero-order valence-electron chi connectivity index (χ0n) is 9.55. The third kappa shape index (κ3) is 4.46. The number of nitrogens with zero attached hydrogens (tertiary/aromatic N) is 1. The first kappa shape index (κ1) is 15.9. The van der Waals surface area contributed by atoms with Crippen LogP contribution in [-0.2, 0) is 0 Å². The first-order valence-electron chi connectivity index (χ1n) is 5.17. The number of aliphatic hydroxyl groups is 1. The number of aliphatic hydroxyl groups excluding tert-OH is 1. The second-order valence-corrected chi connectivity index (χ2v) is 4.52. The fourth-order valence-electron chi connectivity index (χ4n) is 1.45. The number of carbonyl (C=O) groups excluding carboxylic acids is 1. The van der Waals surface area contributed by atoms with Gasteiger partial charge in [0.1, 0.15) is 12.4 Å². The van der Waals surface area contributed by atoms with Gasteiger partial charge in [-0.3, -0.25) is 4.79 Å². The Balaban J connectivity index is 3.06. The Morgan fingerprint density at radius 2 is 2.00 bits per heavy atom. The van der Waals surface area contributed by atoms with E-state index in [0.717, 1.165) is 6.07 Å². The normalized spacial score (nSPS) is 11.5. The smallest absolute Gasteiger partial charge is 0.395 e. The number of rotatable bonds is 4. The van der Waals surface area contributed by atoms with Gasteiger partial charge in [-0.2, -0.15) is 13.2 Å². The van der Waals surface area contributed by atoms with Crippen molar-refractivity contribution in [1.82, 2.24) is 4.90 Å². The van der Waals surface area contributed by atoms with Crippen LogP contribution in [-0.4, -0.2) is 41.8 Å². The van der Waals surface area contributed by atoms with E-state index in [2.05, 4.69) is 15.9 Å². The van der Waals surface area contributed by atoms with E-state index in [1.54, 1.807) is 0 Å². The van der Waals surface area contributed by atoms with E-state index in [1.165, 1.54) is 12.1 Å². The molecule has 106 valence electrons. The van der Waals surface area contributed by atoms with Crippen molar-refractivity contribution in [3.8, 4) is 0 Å². The Morgan fingerprint density at radius 1 is 1.37 bits per heavy atom. The van der Waals surface area contributed by atoms with Crippen LogP contribution in [0, 0.1) is 5.82 Å². The van der Waals surface area contributed by atoms with E-state index < -0.39 is 43.2 Å². The van der Waals surface area contributed by atoms with Crippen molar-refractivity contribution in [3.05, 3.63) is 34.1 Å². The molecule has 0 atom stereocenters. The maximum Gasteiger partial charge on any atom is 0.406 e. The Morgan fingerprint density at radius 3 is 2.47 bits per heavy atom. The molecule has 0 aliphatic rings. The Bertz CT molecular complexity index is 444. The SMILES string of the molecule is O=C(c1c(F)cccc1Br)N(CCO)CC(F)(F)F. The molecule has 0 aliphatic heterocycles. The van der Waals surface area contributed by atoms with Crippen LogP contribution >= 0.6 is 15.9 Å². The maximum absolute atomic E-state index is 13.5. The van der Waals surface area contributed by atoms with Gasteiger partial charge in [-0.05, 0) is 28.1 Å². The highest BCUT2D eigenvalue weighted by Gasteiger charge is 2.34. The van der Waals surface area contributed by atoms with Crippen LogP contribution in [0.3, 0.4) is 0 Å². The van der Waals surface area contributed by atoms with Crippen LogP contribution in [0.1, 0.15) is 10.4 Å². The summed E-state index contributed by atoms with van der Waals surface area (Å²) < 4.78 is 50.5. The summed E-state index contributed by atoms with van der Waals surface area (Å²) in [5.41, 5.74) is -0.486. The molecule has 1 amide bonds. The molecule has 19 heavy (non-hydrogen) atoms. The van der Waals surface area contributed by atoms with Crippen molar-refractivity contribution in [3.63, 3.8) is 0 Å². The highest BCUT2D eigenvalue weighted by molar-refractivity contribution is 9.10. The first-order chi connectivity index (χ1) is 8.76. The summed E-state index contributed by atoms with van der Waals surface area (Å²) in [6.45, 7) is -2.72. The van der Waals surface area contributed by atoms with Gasteiger partial charge in [0, 0.05) is 11.0 Å². The molecule has 8 heteroatoms. The van der Waals surface area contributed by atoms with E-state index in [-0.39, 0.29) is 4.47 Å². The number of hydrogen-bond acceptors (Lipinski definition) is 2. The van der Waals surface area contributed by atoms with Crippen molar-refractivity contribution in [2.45, 2.75) is 6.18 Å². The summed E-state index contributed by atoms with van der Waals surface area (Å²) in [5, 5.41) is 8.70. The van der Waals surface area contributed by atoms with Crippen molar-refractivity contribution >= 4 is 21.8 Å². The van der Waals surface area contributed by atoms with Gasteiger partial charge in [-0.15, -0.1) is 0 Å². The topological polar surface area (TPSA) is 40.5 Å². The molecule has 0 heterocycles. The fraction of sp³-hybridized carbons (Fsp3) is 0.364. The number of halogens is 5. The molecule has 0 unspecified atom stereocenters. The van der Waals surface area contributed by atoms with Gasteiger partial charge < -0.3 is 10.0 Å². The van der Waals surface area contributed by atoms with Gasteiger partial charge in [-0.1, -0.05) is 6.07 Å². The maximum atomic E-state index is 13.5. The van der Waals surface area contributed by atoms with E-state index in [4.69, 9.17) is 5.11 Å². The molecular formula is C11H10BrF4NO2. The minimum absolute atomic E-state index is 0.0580. The standard InChI is InChI=1S/C11H10BrF4NO2/c12-7-2-1-3-8(13)9(7)10(19)17(4-5-18)6-11(14,15)16/h1-3,18H,4-6H2. The molecule has 0 aromatic heterocycles. The van der Waals surface area contributed by atoms with Gasteiger partial charge in [0.25, 0.3) is 5.91 Å². The van der Waals surface area contributed by atoms with Crippen molar-refractivity contribution in [2.24, 2.45) is 0 Å². The highest BCUT2D eigenvalue weighted by atomic mass is 79.9. The summed E-state index contributed by atoms with van der Waals surface area (Å²) in [7, 11) is 0. The fourth-order valence-corrected chi connectivity index (χ4v) is 1.96. The Kier molecular flexibility index (Phi) is 5.30. The lowest BCUT2D eigenvalue weighted by atomic mass is 10.2. The molecule has 0 aliphatic carbocycles. The van der Waals surface area contributed by atoms with Crippen LogP contribution in [0.4, 0.5) is 17.6 Å². The predicted molar refractivity (Wildman–Crippen MR) is 63.1 cm³/mol. The Labute approximate surface area is 115 Å². The monoisotopic (exact) mass is 343 g/mol. The predicted octanol–water partition coefficient (Wildman–Crippen LogP) is 2.59. The van der Waals surface area contributed by atoms with Gasteiger partial charge >= 0.3 is 6.18 Å². The minimum Gasteiger partial charge on any atom is -0.395 e. The van der Waals surface area contributed by atoms with Crippen LogP contribution < -0.4 is 0 Å². The van der Waals surface area contributed by atoms with Crippen molar-refractivity contribution < 1.29 is 27.5 Å². The highest BCUT2D eigenvalue weighted by Crippen LogP contribution is 2.23. The molecule has 1 aromatic carbocycles. The average molecular weight is 344 g/mol. The lowest BCUT2D eigenvalue weighted by molar-refractivity contribution is -0.141. The zero-order chi connectivity index (χ0) is 14.6. The van der Waals surface area contributed by atoms with Crippen LogP contribution in [0.25, 0.3) is 0 Å². The number of alkyl halides is 3. The Hall–Kier alpha value is -1.15. The third-order valence-corrected chi connectivity index (χ3v) is 2.86. The van der Waals surface area contributed by atoms with Gasteiger partial charge in [-0.25, -0.2) is 4.39 Å². The van der Waals surface area contributed by atoms with Crippen molar-refractivity contribution in [2.75, 3.05) is 19.7 Å². The lowest BCUT2D eigenvalue weighted by Crippen LogP contribution is -2.41. The molecular weight excluding hydrogens is 334 g/mol. The summed E-state index contributed by atoms with van der Waals surface area (Å²) in [4.78, 5) is 12.2. The molecule has 0 bridgehead atoms. The second-order valence-electron chi connectivity index (χ2n) is 3.66. The summed E-state index contributed by atoms with van der Waals surface area (Å²) in [6.07, 6.45) is -4.62. The summed E-state index contributed by atoms with van der Waals surface area (Å²) in [6, 6.07) is 3.64. The molecule has 1 rings (SSSR count).